The molecule has 1 aromatic heterocycles. The van der Waals surface area contributed by atoms with Gasteiger partial charge >= 0.3 is 0 Å². The highest BCUT2D eigenvalue weighted by atomic mass is 32.2. The fourth-order valence-corrected chi connectivity index (χ4v) is 6.25. The zero-order valence-electron chi connectivity index (χ0n) is 19.2. The lowest BCUT2D eigenvalue weighted by molar-refractivity contribution is 0.384. The largest absolute Gasteiger partial charge is 0.345 e. The van der Waals surface area contributed by atoms with Crippen molar-refractivity contribution in [2.24, 2.45) is 0 Å². The number of anilines is 1. The molecule has 0 spiro atoms. The average Bonchev–Trinajstić information content (AvgIpc) is 3.22. The van der Waals surface area contributed by atoms with Gasteiger partial charge in [0.2, 0.25) is 10.0 Å². The summed E-state index contributed by atoms with van der Waals surface area (Å²) in [5.74, 6) is 0. The van der Waals surface area contributed by atoms with Crippen molar-refractivity contribution in [3.05, 3.63) is 76.3 Å². The van der Waals surface area contributed by atoms with E-state index in [1.54, 1.807) is 27.8 Å². The molecule has 1 saturated heterocycles. The second-order valence-electron chi connectivity index (χ2n) is 9.45. The molecule has 1 aliphatic heterocycles. The van der Waals surface area contributed by atoms with Crippen LogP contribution in [0.5, 0.6) is 0 Å². The van der Waals surface area contributed by atoms with Crippen molar-refractivity contribution in [3.63, 3.8) is 0 Å². The molecule has 1 fully saturated rings. The van der Waals surface area contributed by atoms with Crippen molar-refractivity contribution in [2.75, 3.05) is 31.1 Å². The first-order valence-electron chi connectivity index (χ1n) is 11.0. The molecule has 0 atom stereocenters. The molecule has 2 heterocycles. The zero-order chi connectivity index (χ0) is 22.9. The minimum atomic E-state index is -3.48. The minimum absolute atomic E-state index is 0.000180. The van der Waals surface area contributed by atoms with Crippen LogP contribution in [0.2, 0.25) is 0 Å². The summed E-state index contributed by atoms with van der Waals surface area (Å²) in [6.07, 6.45) is 0.817. The van der Waals surface area contributed by atoms with Gasteiger partial charge in [-0.3, -0.25) is 0 Å². The maximum atomic E-state index is 13.1. The Morgan fingerprint density at radius 2 is 1.69 bits per heavy atom. The molecule has 0 saturated carbocycles. The number of piperazine rings is 1. The Balaban J connectivity index is 1.39. The van der Waals surface area contributed by atoms with Crippen LogP contribution in [0.3, 0.4) is 0 Å². The van der Waals surface area contributed by atoms with Crippen molar-refractivity contribution in [3.8, 4) is 0 Å². The Kier molecular flexibility index (Phi) is 6.43. The van der Waals surface area contributed by atoms with Crippen molar-refractivity contribution >= 4 is 26.5 Å². The highest BCUT2D eigenvalue weighted by Gasteiger charge is 2.29. The van der Waals surface area contributed by atoms with E-state index >= 15 is 0 Å². The lowest BCUT2D eigenvalue weighted by Gasteiger charge is -2.33. The van der Waals surface area contributed by atoms with Crippen molar-refractivity contribution < 1.29 is 8.42 Å². The molecule has 2 aromatic carbocycles. The number of hydrogen-bond donors (Lipinski definition) is 0. The van der Waals surface area contributed by atoms with Crippen LogP contribution in [0.15, 0.2) is 58.8 Å². The summed E-state index contributed by atoms with van der Waals surface area (Å²) in [7, 11) is -3.48. The van der Waals surface area contributed by atoms with Gasteiger partial charge in [0.15, 0.2) is 5.13 Å². The van der Waals surface area contributed by atoms with Gasteiger partial charge in [-0.2, -0.15) is 4.31 Å². The van der Waals surface area contributed by atoms with Crippen molar-refractivity contribution in [2.45, 2.75) is 44.4 Å². The van der Waals surface area contributed by atoms with Crippen molar-refractivity contribution in [1.82, 2.24) is 9.29 Å². The fraction of sp³-hybridized carbons (Fsp3) is 0.400. The summed E-state index contributed by atoms with van der Waals surface area (Å²) in [6, 6.07) is 15.8. The number of rotatable bonds is 5. The summed E-state index contributed by atoms with van der Waals surface area (Å²) < 4.78 is 27.8. The summed E-state index contributed by atoms with van der Waals surface area (Å²) >= 11 is 1.64. The number of hydrogen-bond acceptors (Lipinski definition) is 5. The van der Waals surface area contributed by atoms with Gasteiger partial charge < -0.3 is 4.90 Å². The third kappa shape index (κ3) is 5.05. The molecular formula is C25H31N3O2S2. The van der Waals surface area contributed by atoms with Gasteiger partial charge in [-0.15, -0.1) is 11.3 Å². The minimum Gasteiger partial charge on any atom is -0.345 e. The summed E-state index contributed by atoms with van der Waals surface area (Å²) in [4.78, 5) is 7.38. The summed E-state index contributed by atoms with van der Waals surface area (Å²) in [6.45, 7) is 10.7. The Morgan fingerprint density at radius 3 is 2.31 bits per heavy atom. The van der Waals surface area contributed by atoms with Crippen LogP contribution < -0.4 is 4.90 Å². The van der Waals surface area contributed by atoms with Gasteiger partial charge in [0.1, 0.15) is 0 Å². The van der Waals surface area contributed by atoms with Crippen LogP contribution in [0, 0.1) is 6.92 Å². The van der Waals surface area contributed by atoms with Gasteiger partial charge in [0, 0.05) is 38.0 Å². The molecule has 0 unspecified atom stereocenters. The standard InChI is InChI=1S/C25H31N3O2S2/c1-19-6-5-7-20(16-19)17-22-18-31-24(26-22)27-12-14-28(15-13-27)32(29,30)23-10-8-21(9-11-23)25(2,3)4/h5-11,16,18H,12-15,17H2,1-4H3. The smallest absolute Gasteiger partial charge is 0.243 e. The van der Waals surface area contributed by atoms with Gasteiger partial charge in [0.05, 0.1) is 10.6 Å². The van der Waals surface area contributed by atoms with Crippen LogP contribution in [-0.4, -0.2) is 43.9 Å². The zero-order valence-corrected chi connectivity index (χ0v) is 20.8. The molecule has 0 amide bonds. The molecule has 0 aliphatic carbocycles. The van der Waals surface area contributed by atoms with E-state index in [4.69, 9.17) is 4.98 Å². The van der Waals surface area contributed by atoms with Crippen LogP contribution >= 0.6 is 11.3 Å². The Labute approximate surface area is 195 Å². The number of sulfonamides is 1. The average molecular weight is 470 g/mol. The highest BCUT2D eigenvalue weighted by Crippen LogP contribution is 2.27. The van der Waals surface area contributed by atoms with E-state index in [1.807, 2.05) is 12.1 Å². The van der Waals surface area contributed by atoms with E-state index in [0.717, 1.165) is 22.8 Å². The summed E-state index contributed by atoms with van der Waals surface area (Å²) in [5, 5.41) is 3.08. The molecule has 1 aliphatic rings. The predicted octanol–water partition coefficient (Wildman–Crippen LogP) is 4.85. The monoisotopic (exact) mass is 469 g/mol. The number of benzene rings is 2. The maximum absolute atomic E-state index is 13.1. The molecule has 5 nitrogen and oxygen atoms in total. The Hall–Kier alpha value is -2.22. The lowest BCUT2D eigenvalue weighted by Crippen LogP contribution is -2.48. The van der Waals surface area contributed by atoms with Crippen LogP contribution in [0.4, 0.5) is 5.13 Å². The molecule has 0 N–H and O–H groups in total. The van der Waals surface area contributed by atoms with Crippen LogP contribution in [0.1, 0.15) is 43.2 Å². The molecule has 0 radical (unpaired) electrons. The Morgan fingerprint density at radius 1 is 1.00 bits per heavy atom. The Bertz CT molecular complexity index is 1170. The maximum Gasteiger partial charge on any atom is 0.243 e. The first-order valence-corrected chi connectivity index (χ1v) is 13.3. The topological polar surface area (TPSA) is 53.5 Å². The van der Waals surface area contributed by atoms with Crippen molar-refractivity contribution in [1.29, 1.82) is 0 Å². The fourth-order valence-electron chi connectivity index (χ4n) is 3.95. The van der Waals surface area contributed by atoms with E-state index < -0.39 is 10.0 Å². The predicted molar refractivity (Wildman–Crippen MR) is 132 cm³/mol. The van der Waals surface area contributed by atoms with E-state index in [2.05, 4.69) is 62.2 Å². The van der Waals surface area contributed by atoms with E-state index in [-0.39, 0.29) is 5.41 Å². The van der Waals surface area contributed by atoms with Crippen LogP contribution in [0.25, 0.3) is 0 Å². The molecule has 7 heteroatoms. The molecule has 0 bridgehead atoms. The lowest BCUT2D eigenvalue weighted by atomic mass is 9.87. The summed E-state index contributed by atoms with van der Waals surface area (Å²) in [5.41, 5.74) is 4.70. The number of aromatic nitrogens is 1. The number of thiazole rings is 1. The van der Waals surface area contributed by atoms with E-state index in [9.17, 15) is 8.42 Å². The van der Waals surface area contributed by atoms with E-state index in [1.165, 1.54) is 11.1 Å². The highest BCUT2D eigenvalue weighted by molar-refractivity contribution is 7.89. The van der Waals surface area contributed by atoms with Gasteiger partial charge in [-0.05, 0) is 35.6 Å². The quantitative estimate of drug-likeness (QED) is 0.536. The van der Waals surface area contributed by atoms with Crippen LogP contribution in [-0.2, 0) is 21.9 Å². The normalized spacial score (nSPS) is 15.8. The van der Waals surface area contributed by atoms with Gasteiger partial charge in [-0.1, -0.05) is 62.7 Å². The molecular weight excluding hydrogens is 438 g/mol. The van der Waals surface area contributed by atoms with Gasteiger partial charge in [0.25, 0.3) is 0 Å². The second kappa shape index (κ2) is 8.96. The third-order valence-corrected chi connectivity index (χ3v) is 8.74. The molecule has 32 heavy (non-hydrogen) atoms. The second-order valence-corrected chi connectivity index (χ2v) is 12.2. The van der Waals surface area contributed by atoms with Gasteiger partial charge in [-0.25, -0.2) is 13.4 Å². The SMILES string of the molecule is Cc1cccc(Cc2csc(N3CCN(S(=O)(=O)c4ccc(C(C)(C)C)cc4)CC3)n2)c1. The molecule has 170 valence electrons. The molecule has 3 aromatic rings. The first kappa shape index (κ1) is 23.0. The molecule has 4 rings (SSSR count). The number of nitrogens with zero attached hydrogens (tertiary/aromatic N) is 3. The van der Waals surface area contributed by atoms with E-state index in [0.29, 0.717) is 31.1 Å². The first-order chi connectivity index (χ1) is 15.1. The number of aryl methyl sites for hydroxylation is 1. The third-order valence-electron chi connectivity index (χ3n) is 5.87.